The van der Waals surface area contributed by atoms with E-state index < -0.39 is 0 Å². The molecule has 2 atom stereocenters. The van der Waals surface area contributed by atoms with Crippen LogP contribution >= 0.6 is 0 Å². The van der Waals surface area contributed by atoms with E-state index in [-0.39, 0.29) is 0 Å². The van der Waals surface area contributed by atoms with E-state index in [4.69, 9.17) is 4.74 Å². The van der Waals surface area contributed by atoms with E-state index in [9.17, 15) is 0 Å². The fourth-order valence-corrected chi connectivity index (χ4v) is 1.88. The molecule has 0 aromatic heterocycles. The first-order valence-electron chi connectivity index (χ1n) is 5.14. The van der Waals surface area contributed by atoms with Gasteiger partial charge in [0.25, 0.3) is 0 Å². The highest BCUT2D eigenvalue weighted by atomic mass is 16.5. The molecule has 1 heterocycles. The molecule has 1 saturated heterocycles. The van der Waals surface area contributed by atoms with Gasteiger partial charge in [0.2, 0.25) is 0 Å². The molecule has 0 bridgehead atoms. The molecule has 1 N–H and O–H groups in total. The Morgan fingerprint density at radius 1 is 1.46 bits per heavy atom. The number of hydrogen-bond acceptors (Lipinski definition) is 3. The predicted molar refractivity (Wildman–Crippen MR) is 54.9 cm³/mol. The van der Waals surface area contributed by atoms with Crippen LogP contribution in [0.2, 0.25) is 0 Å². The van der Waals surface area contributed by atoms with Crippen molar-refractivity contribution in [2.45, 2.75) is 19.4 Å². The van der Waals surface area contributed by atoms with Gasteiger partial charge in [-0.3, -0.25) is 4.90 Å². The second-order valence-corrected chi connectivity index (χ2v) is 4.13. The zero-order chi connectivity index (χ0) is 9.68. The quantitative estimate of drug-likeness (QED) is 0.694. The van der Waals surface area contributed by atoms with Gasteiger partial charge in [-0.2, -0.15) is 0 Å². The molecule has 1 rings (SSSR count). The Labute approximate surface area is 81.4 Å². The van der Waals surface area contributed by atoms with Gasteiger partial charge in [-0.15, -0.1) is 0 Å². The van der Waals surface area contributed by atoms with E-state index >= 15 is 0 Å². The average Bonchev–Trinajstić information content (AvgIpc) is 2.14. The summed E-state index contributed by atoms with van der Waals surface area (Å²) < 4.78 is 5.07. The Morgan fingerprint density at radius 2 is 2.23 bits per heavy atom. The lowest BCUT2D eigenvalue weighted by molar-refractivity contribution is 0.118. The maximum Gasteiger partial charge on any atom is 0.0589 e. The summed E-state index contributed by atoms with van der Waals surface area (Å²) in [5, 5.41) is 3.46. The molecule has 0 spiro atoms. The normalized spacial score (nSPS) is 29.5. The van der Waals surface area contributed by atoms with Crippen LogP contribution in [0.25, 0.3) is 0 Å². The highest BCUT2D eigenvalue weighted by Gasteiger charge is 2.21. The van der Waals surface area contributed by atoms with Gasteiger partial charge in [0, 0.05) is 26.2 Å². The third-order valence-corrected chi connectivity index (χ3v) is 2.82. The van der Waals surface area contributed by atoms with Crippen LogP contribution in [0.3, 0.4) is 0 Å². The molecular formula is C10H22N2O. The molecule has 1 aliphatic rings. The van der Waals surface area contributed by atoms with Crippen LogP contribution in [0, 0.1) is 5.92 Å². The molecule has 0 aromatic carbocycles. The van der Waals surface area contributed by atoms with E-state index in [0.29, 0.717) is 6.04 Å². The fourth-order valence-electron chi connectivity index (χ4n) is 1.88. The van der Waals surface area contributed by atoms with Gasteiger partial charge in [-0.1, -0.05) is 6.92 Å². The second kappa shape index (κ2) is 5.58. The van der Waals surface area contributed by atoms with Crippen LogP contribution < -0.4 is 5.32 Å². The van der Waals surface area contributed by atoms with E-state index in [0.717, 1.165) is 25.6 Å². The van der Waals surface area contributed by atoms with Crippen molar-refractivity contribution in [3.8, 4) is 0 Å². The van der Waals surface area contributed by atoms with Crippen molar-refractivity contribution in [2.24, 2.45) is 5.92 Å². The van der Waals surface area contributed by atoms with E-state index in [2.05, 4.69) is 24.2 Å². The van der Waals surface area contributed by atoms with Crippen LogP contribution in [-0.2, 0) is 4.74 Å². The van der Waals surface area contributed by atoms with Crippen molar-refractivity contribution in [1.29, 1.82) is 0 Å². The van der Waals surface area contributed by atoms with Gasteiger partial charge < -0.3 is 10.1 Å². The van der Waals surface area contributed by atoms with Crippen molar-refractivity contribution in [2.75, 3.05) is 40.4 Å². The van der Waals surface area contributed by atoms with Crippen LogP contribution in [0.4, 0.5) is 0 Å². The van der Waals surface area contributed by atoms with E-state index in [1.165, 1.54) is 13.0 Å². The number of hydrogen-bond donors (Lipinski definition) is 1. The molecule has 0 amide bonds. The fraction of sp³-hybridized carbons (Fsp3) is 1.00. The lowest BCUT2D eigenvalue weighted by Gasteiger charge is -2.34. The molecule has 1 aliphatic heterocycles. The lowest BCUT2D eigenvalue weighted by Crippen LogP contribution is -2.47. The summed E-state index contributed by atoms with van der Waals surface area (Å²) >= 11 is 0. The van der Waals surface area contributed by atoms with Gasteiger partial charge in [0.1, 0.15) is 0 Å². The SMILES string of the molecule is COCCN(C)C1CNCC(C)C1. The molecule has 0 aromatic rings. The molecule has 0 saturated carbocycles. The number of methoxy groups -OCH3 is 1. The van der Waals surface area contributed by atoms with Gasteiger partial charge in [0.05, 0.1) is 6.61 Å². The van der Waals surface area contributed by atoms with Gasteiger partial charge in [-0.05, 0) is 25.9 Å². The first kappa shape index (κ1) is 11.0. The summed E-state index contributed by atoms with van der Waals surface area (Å²) in [5.41, 5.74) is 0. The third-order valence-electron chi connectivity index (χ3n) is 2.82. The molecular weight excluding hydrogens is 164 g/mol. The Balaban J connectivity index is 2.24. The smallest absolute Gasteiger partial charge is 0.0589 e. The number of rotatable bonds is 4. The van der Waals surface area contributed by atoms with Crippen LogP contribution in [0.5, 0.6) is 0 Å². The predicted octanol–water partition coefficient (Wildman–Crippen LogP) is 0.563. The van der Waals surface area contributed by atoms with Crippen molar-refractivity contribution in [3.05, 3.63) is 0 Å². The minimum absolute atomic E-state index is 0.693. The van der Waals surface area contributed by atoms with Crippen molar-refractivity contribution in [1.82, 2.24) is 10.2 Å². The Bertz CT molecular complexity index is 141. The van der Waals surface area contributed by atoms with Gasteiger partial charge >= 0.3 is 0 Å². The highest BCUT2D eigenvalue weighted by Crippen LogP contribution is 2.13. The van der Waals surface area contributed by atoms with Gasteiger partial charge in [-0.25, -0.2) is 0 Å². The summed E-state index contributed by atoms with van der Waals surface area (Å²) in [7, 11) is 3.94. The molecule has 13 heavy (non-hydrogen) atoms. The molecule has 2 unspecified atom stereocenters. The Hall–Kier alpha value is -0.120. The minimum atomic E-state index is 0.693. The molecule has 0 radical (unpaired) electrons. The largest absolute Gasteiger partial charge is 0.383 e. The maximum absolute atomic E-state index is 5.07. The monoisotopic (exact) mass is 186 g/mol. The summed E-state index contributed by atoms with van der Waals surface area (Å²) in [6, 6.07) is 0.693. The molecule has 3 nitrogen and oxygen atoms in total. The van der Waals surface area contributed by atoms with Crippen molar-refractivity contribution < 1.29 is 4.74 Å². The lowest BCUT2D eigenvalue weighted by atomic mass is 9.97. The van der Waals surface area contributed by atoms with Crippen LogP contribution in [0.1, 0.15) is 13.3 Å². The number of nitrogens with one attached hydrogen (secondary N) is 1. The van der Waals surface area contributed by atoms with Crippen molar-refractivity contribution >= 4 is 0 Å². The Morgan fingerprint density at radius 3 is 2.85 bits per heavy atom. The second-order valence-electron chi connectivity index (χ2n) is 4.13. The summed E-state index contributed by atoms with van der Waals surface area (Å²) in [6.45, 7) is 6.49. The van der Waals surface area contributed by atoms with Crippen LogP contribution in [0.15, 0.2) is 0 Å². The molecule has 1 fully saturated rings. The van der Waals surface area contributed by atoms with Gasteiger partial charge in [0.15, 0.2) is 0 Å². The maximum atomic E-state index is 5.07. The van der Waals surface area contributed by atoms with Crippen molar-refractivity contribution in [3.63, 3.8) is 0 Å². The zero-order valence-corrected chi connectivity index (χ0v) is 9.05. The average molecular weight is 186 g/mol. The topological polar surface area (TPSA) is 24.5 Å². The molecule has 78 valence electrons. The molecule has 0 aliphatic carbocycles. The first-order chi connectivity index (χ1) is 6.24. The Kier molecular flexibility index (Phi) is 4.70. The number of likely N-dealkylation sites (N-methyl/N-ethyl adjacent to an activating group) is 1. The number of ether oxygens (including phenoxy) is 1. The number of piperidine rings is 1. The van der Waals surface area contributed by atoms with E-state index in [1.54, 1.807) is 7.11 Å². The third kappa shape index (κ3) is 3.63. The molecule has 3 heteroatoms. The minimum Gasteiger partial charge on any atom is -0.383 e. The first-order valence-corrected chi connectivity index (χ1v) is 5.14. The summed E-state index contributed by atoms with van der Waals surface area (Å²) in [5.74, 6) is 0.809. The summed E-state index contributed by atoms with van der Waals surface area (Å²) in [4.78, 5) is 2.40. The highest BCUT2D eigenvalue weighted by molar-refractivity contribution is 4.79. The number of nitrogens with zero attached hydrogens (tertiary/aromatic N) is 1. The summed E-state index contributed by atoms with van der Waals surface area (Å²) in [6.07, 6.45) is 1.31. The van der Waals surface area contributed by atoms with E-state index in [1.807, 2.05) is 0 Å². The standard InChI is InChI=1S/C10H22N2O/c1-9-6-10(8-11-7-9)12(2)4-5-13-3/h9-11H,4-8H2,1-3H3. The van der Waals surface area contributed by atoms with Crippen LogP contribution in [-0.4, -0.2) is 51.3 Å². The zero-order valence-electron chi connectivity index (χ0n) is 9.05.